The largest absolute Gasteiger partial charge is 0.466 e. The number of aryl methyl sites for hydroxylation is 2. The van der Waals surface area contributed by atoms with Crippen LogP contribution in [-0.2, 0) is 0 Å². The van der Waals surface area contributed by atoms with Gasteiger partial charge in [-0.3, -0.25) is 4.79 Å². The summed E-state index contributed by atoms with van der Waals surface area (Å²) in [6.45, 7) is 3.60. The Kier molecular flexibility index (Phi) is 2.84. The van der Waals surface area contributed by atoms with E-state index in [4.69, 9.17) is 16.0 Å². The minimum absolute atomic E-state index is 0.0585. The number of carbonyl (C=O) groups is 1. The van der Waals surface area contributed by atoms with Crippen LogP contribution in [0.4, 0.5) is 0 Å². The minimum atomic E-state index is -0.0585. The molecule has 0 unspecified atom stereocenters. The standard InChI is InChI=1S/C13H11ClO2/c1-8-6-12(9(2)16-8)13(15)10-4-3-5-11(14)7-10/h3-7H,1-2H3. The van der Waals surface area contributed by atoms with Gasteiger partial charge in [0.25, 0.3) is 0 Å². The monoisotopic (exact) mass is 234 g/mol. The van der Waals surface area contributed by atoms with Gasteiger partial charge in [0.15, 0.2) is 5.78 Å². The van der Waals surface area contributed by atoms with Crippen molar-refractivity contribution in [3.63, 3.8) is 0 Å². The molecule has 3 heteroatoms. The third kappa shape index (κ3) is 2.02. The first-order chi connectivity index (χ1) is 7.58. The van der Waals surface area contributed by atoms with Crippen molar-refractivity contribution in [2.75, 3.05) is 0 Å². The highest BCUT2D eigenvalue weighted by Crippen LogP contribution is 2.19. The van der Waals surface area contributed by atoms with Crippen molar-refractivity contribution in [1.82, 2.24) is 0 Å². The van der Waals surface area contributed by atoms with Gasteiger partial charge in [-0.15, -0.1) is 0 Å². The van der Waals surface area contributed by atoms with Crippen LogP contribution in [0.3, 0.4) is 0 Å². The van der Waals surface area contributed by atoms with E-state index in [0.717, 1.165) is 5.76 Å². The van der Waals surface area contributed by atoms with Gasteiger partial charge in [-0.25, -0.2) is 0 Å². The molecule has 2 rings (SSSR count). The third-order valence-electron chi connectivity index (χ3n) is 2.37. The van der Waals surface area contributed by atoms with Crippen LogP contribution in [0.2, 0.25) is 5.02 Å². The number of furan rings is 1. The molecule has 0 fully saturated rings. The van der Waals surface area contributed by atoms with Crippen LogP contribution >= 0.6 is 11.6 Å². The molecule has 0 atom stereocenters. The Morgan fingerprint density at radius 2 is 2.00 bits per heavy atom. The van der Waals surface area contributed by atoms with Gasteiger partial charge in [0.1, 0.15) is 11.5 Å². The van der Waals surface area contributed by atoms with Crippen LogP contribution in [0, 0.1) is 13.8 Å². The summed E-state index contributed by atoms with van der Waals surface area (Å²) in [6.07, 6.45) is 0. The molecule has 0 saturated heterocycles. The number of ketones is 1. The summed E-state index contributed by atoms with van der Waals surface area (Å²) in [4.78, 5) is 12.1. The fourth-order valence-electron chi connectivity index (χ4n) is 1.64. The molecule has 0 bridgehead atoms. The average Bonchev–Trinajstić information content (AvgIpc) is 2.57. The third-order valence-corrected chi connectivity index (χ3v) is 2.61. The van der Waals surface area contributed by atoms with Crippen LogP contribution in [0.25, 0.3) is 0 Å². The summed E-state index contributed by atoms with van der Waals surface area (Å²) in [5.74, 6) is 1.32. The molecule has 0 spiro atoms. The molecule has 0 amide bonds. The Bertz CT molecular complexity index is 541. The highest BCUT2D eigenvalue weighted by Gasteiger charge is 2.15. The molecule has 16 heavy (non-hydrogen) atoms. The minimum Gasteiger partial charge on any atom is -0.466 e. The number of hydrogen-bond donors (Lipinski definition) is 0. The quantitative estimate of drug-likeness (QED) is 0.741. The molecule has 0 N–H and O–H groups in total. The van der Waals surface area contributed by atoms with Crippen molar-refractivity contribution in [3.8, 4) is 0 Å². The molecule has 0 aliphatic heterocycles. The molecule has 0 aliphatic rings. The predicted molar refractivity (Wildman–Crippen MR) is 63.1 cm³/mol. The molecule has 0 radical (unpaired) electrons. The molecule has 1 aromatic carbocycles. The van der Waals surface area contributed by atoms with Crippen LogP contribution in [0.15, 0.2) is 34.7 Å². The fraction of sp³-hybridized carbons (Fsp3) is 0.154. The van der Waals surface area contributed by atoms with E-state index in [2.05, 4.69) is 0 Å². The molecule has 1 heterocycles. The van der Waals surface area contributed by atoms with Gasteiger partial charge in [0.05, 0.1) is 5.56 Å². The van der Waals surface area contributed by atoms with E-state index in [9.17, 15) is 4.79 Å². The lowest BCUT2D eigenvalue weighted by atomic mass is 10.0. The maximum Gasteiger partial charge on any atom is 0.196 e. The molecule has 0 aliphatic carbocycles. The number of rotatable bonds is 2. The maximum atomic E-state index is 12.1. The topological polar surface area (TPSA) is 30.2 Å². The van der Waals surface area contributed by atoms with E-state index in [0.29, 0.717) is 21.9 Å². The van der Waals surface area contributed by atoms with Crippen molar-refractivity contribution < 1.29 is 9.21 Å². The van der Waals surface area contributed by atoms with Gasteiger partial charge in [-0.05, 0) is 32.0 Å². The number of carbonyl (C=O) groups excluding carboxylic acids is 1. The van der Waals surface area contributed by atoms with Crippen LogP contribution in [0.5, 0.6) is 0 Å². The molecule has 82 valence electrons. The summed E-state index contributed by atoms with van der Waals surface area (Å²) >= 11 is 5.85. The molecule has 1 aromatic heterocycles. The van der Waals surface area contributed by atoms with Gasteiger partial charge >= 0.3 is 0 Å². The lowest BCUT2D eigenvalue weighted by Gasteiger charge is -1.99. The zero-order valence-corrected chi connectivity index (χ0v) is 9.84. The first-order valence-electron chi connectivity index (χ1n) is 4.95. The zero-order chi connectivity index (χ0) is 11.7. The van der Waals surface area contributed by atoms with Crippen LogP contribution in [-0.4, -0.2) is 5.78 Å². The van der Waals surface area contributed by atoms with Gasteiger partial charge in [-0.2, -0.15) is 0 Å². The number of halogens is 1. The zero-order valence-electron chi connectivity index (χ0n) is 9.08. The molecule has 2 nitrogen and oxygen atoms in total. The highest BCUT2D eigenvalue weighted by molar-refractivity contribution is 6.31. The van der Waals surface area contributed by atoms with Gasteiger partial charge < -0.3 is 4.42 Å². The van der Waals surface area contributed by atoms with E-state index in [1.807, 2.05) is 6.92 Å². The fourth-order valence-corrected chi connectivity index (χ4v) is 1.83. The summed E-state index contributed by atoms with van der Waals surface area (Å²) in [7, 11) is 0. The summed E-state index contributed by atoms with van der Waals surface area (Å²) in [5.41, 5.74) is 1.18. The van der Waals surface area contributed by atoms with Gasteiger partial charge in [0, 0.05) is 10.6 Å². The van der Waals surface area contributed by atoms with E-state index in [-0.39, 0.29) is 5.78 Å². The van der Waals surface area contributed by atoms with Crippen molar-refractivity contribution in [1.29, 1.82) is 0 Å². The Morgan fingerprint density at radius 3 is 2.56 bits per heavy atom. The van der Waals surface area contributed by atoms with Crippen LogP contribution in [0.1, 0.15) is 27.4 Å². The van der Waals surface area contributed by atoms with Crippen LogP contribution < -0.4 is 0 Å². The van der Waals surface area contributed by atoms with Crippen molar-refractivity contribution in [3.05, 3.63) is 58.0 Å². The highest BCUT2D eigenvalue weighted by atomic mass is 35.5. The summed E-state index contributed by atoms with van der Waals surface area (Å²) < 4.78 is 5.33. The normalized spacial score (nSPS) is 10.4. The van der Waals surface area contributed by atoms with E-state index < -0.39 is 0 Å². The number of benzene rings is 1. The Hall–Kier alpha value is -1.54. The lowest BCUT2D eigenvalue weighted by Crippen LogP contribution is -2.01. The Balaban J connectivity index is 2.43. The first-order valence-corrected chi connectivity index (χ1v) is 5.33. The van der Waals surface area contributed by atoms with Gasteiger partial charge in [0.2, 0.25) is 0 Å². The predicted octanol–water partition coefficient (Wildman–Crippen LogP) is 3.78. The second kappa shape index (κ2) is 4.14. The van der Waals surface area contributed by atoms with Gasteiger partial charge in [-0.1, -0.05) is 23.7 Å². The van der Waals surface area contributed by atoms with Crippen molar-refractivity contribution in [2.24, 2.45) is 0 Å². The lowest BCUT2D eigenvalue weighted by molar-refractivity contribution is 0.103. The maximum absolute atomic E-state index is 12.1. The van der Waals surface area contributed by atoms with Crippen molar-refractivity contribution in [2.45, 2.75) is 13.8 Å². The second-order valence-corrected chi connectivity index (χ2v) is 4.10. The van der Waals surface area contributed by atoms with E-state index in [1.54, 1.807) is 37.3 Å². The summed E-state index contributed by atoms with van der Waals surface area (Å²) in [5, 5.41) is 0.559. The van der Waals surface area contributed by atoms with Crippen molar-refractivity contribution >= 4 is 17.4 Å². The first kappa shape index (κ1) is 11.0. The smallest absolute Gasteiger partial charge is 0.196 e. The second-order valence-electron chi connectivity index (χ2n) is 3.67. The Morgan fingerprint density at radius 1 is 1.25 bits per heavy atom. The molecular weight excluding hydrogens is 224 g/mol. The van der Waals surface area contributed by atoms with E-state index in [1.165, 1.54) is 0 Å². The molecule has 2 aromatic rings. The molecule has 0 saturated carbocycles. The number of hydrogen-bond acceptors (Lipinski definition) is 2. The van der Waals surface area contributed by atoms with E-state index >= 15 is 0 Å². The Labute approximate surface area is 98.8 Å². The summed E-state index contributed by atoms with van der Waals surface area (Å²) in [6, 6.07) is 8.66. The average molecular weight is 235 g/mol. The SMILES string of the molecule is Cc1cc(C(=O)c2cccc(Cl)c2)c(C)o1. The molecular formula is C13H11ClO2.